The van der Waals surface area contributed by atoms with Crippen molar-refractivity contribution in [2.75, 3.05) is 0 Å². The van der Waals surface area contributed by atoms with E-state index >= 15 is 0 Å². The molecule has 0 heterocycles. The molecule has 1 aromatic carbocycles. The van der Waals surface area contributed by atoms with E-state index in [4.69, 9.17) is 5.26 Å². The predicted octanol–water partition coefficient (Wildman–Crippen LogP) is 1.81. The lowest BCUT2D eigenvalue weighted by atomic mass is 10.0. The molecule has 5 nitrogen and oxygen atoms in total. The highest BCUT2D eigenvalue weighted by atomic mass is 19.1. The van der Waals surface area contributed by atoms with Crippen molar-refractivity contribution in [1.82, 2.24) is 0 Å². The van der Waals surface area contributed by atoms with Gasteiger partial charge in [0, 0.05) is 0 Å². The van der Waals surface area contributed by atoms with E-state index in [2.05, 4.69) is 0 Å². The monoisotopic (exact) mass is 208 g/mol. The van der Waals surface area contributed by atoms with Crippen LogP contribution >= 0.6 is 0 Å². The Hall–Kier alpha value is -2.29. The molecule has 0 amide bonds. The summed E-state index contributed by atoms with van der Waals surface area (Å²) in [4.78, 5) is 20.6. The van der Waals surface area contributed by atoms with Crippen molar-refractivity contribution in [2.24, 2.45) is 0 Å². The number of nitro groups is 1. The second-order valence-electron chi connectivity index (χ2n) is 2.74. The smallest absolute Gasteiger partial charge is 0.294 e. The van der Waals surface area contributed by atoms with Gasteiger partial charge in [-0.1, -0.05) is 0 Å². The van der Waals surface area contributed by atoms with Crippen molar-refractivity contribution < 1.29 is 14.1 Å². The number of halogens is 1. The molecule has 0 N–H and O–H groups in total. The summed E-state index contributed by atoms with van der Waals surface area (Å²) in [5.74, 6) is -1.83. The number of ketones is 1. The second kappa shape index (κ2) is 3.84. The molecular weight excluding hydrogens is 203 g/mol. The first kappa shape index (κ1) is 10.8. The topological polar surface area (TPSA) is 84.0 Å². The van der Waals surface area contributed by atoms with Gasteiger partial charge in [-0.25, -0.2) is 0 Å². The predicted molar refractivity (Wildman–Crippen MR) is 47.8 cm³/mol. The van der Waals surface area contributed by atoms with Crippen molar-refractivity contribution >= 4 is 11.5 Å². The van der Waals surface area contributed by atoms with E-state index in [1.165, 1.54) is 0 Å². The zero-order valence-electron chi connectivity index (χ0n) is 7.65. The molecule has 0 unspecified atom stereocenters. The van der Waals surface area contributed by atoms with E-state index in [0.717, 1.165) is 19.1 Å². The molecule has 1 aromatic rings. The summed E-state index contributed by atoms with van der Waals surface area (Å²) in [6.45, 7) is 1.04. The lowest BCUT2D eigenvalue weighted by Crippen LogP contribution is -2.05. The molecule has 76 valence electrons. The summed E-state index contributed by atoms with van der Waals surface area (Å²) < 4.78 is 13.1. The SMILES string of the molecule is CC(=O)c1c(C#N)ccc(F)c1[N+](=O)[O-]. The van der Waals surface area contributed by atoms with E-state index in [9.17, 15) is 19.3 Å². The van der Waals surface area contributed by atoms with Gasteiger partial charge in [0.25, 0.3) is 0 Å². The Morgan fingerprint density at radius 3 is 2.60 bits per heavy atom. The normalized spacial score (nSPS) is 9.40. The van der Waals surface area contributed by atoms with Crippen LogP contribution in [0.5, 0.6) is 0 Å². The van der Waals surface area contributed by atoms with Crippen molar-refractivity contribution in [3.8, 4) is 6.07 Å². The number of carbonyl (C=O) groups excluding carboxylic acids is 1. The number of Topliss-reactive ketones (excluding diaryl/α,β-unsaturated/α-hetero) is 1. The molecule has 1 rings (SSSR count). The van der Waals surface area contributed by atoms with Crippen LogP contribution in [0.3, 0.4) is 0 Å². The average Bonchev–Trinajstić information content (AvgIpc) is 2.16. The van der Waals surface area contributed by atoms with E-state index < -0.39 is 27.8 Å². The Kier molecular flexibility index (Phi) is 2.76. The maximum Gasteiger partial charge on any atom is 0.316 e. The van der Waals surface area contributed by atoms with Crippen LogP contribution in [-0.4, -0.2) is 10.7 Å². The fourth-order valence-corrected chi connectivity index (χ4v) is 1.19. The van der Waals surface area contributed by atoms with E-state index in [-0.39, 0.29) is 5.56 Å². The molecule has 0 aliphatic heterocycles. The number of nitrogens with zero attached hydrogens (tertiary/aromatic N) is 2. The first-order valence-corrected chi connectivity index (χ1v) is 3.87. The molecular formula is C9H5FN2O3. The van der Waals surface area contributed by atoms with Crippen LogP contribution in [0.1, 0.15) is 22.8 Å². The minimum absolute atomic E-state index is 0.199. The van der Waals surface area contributed by atoms with Crippen LogP contribution in [0.15, 0.2) is 12.1 Å². The third kappa shape index (κ3) is 1.81. The Balaban J connectivity index is 3.68. The first-order chi connectivity index (χ1) is 6.99. The van der Waals surface area contributed by atoms with Gasteiger partial charge in [0.15, 0.2) is 5.78 Å². The quantitative estimate of drug-likeness (QED) is 0.421. The summed E-state index contributed by atoms with van der Waals surface area (Å²) in [5, 5.41) is 19.1. The lowest BCUT2D eigenvalue weighted by Gasteiger charge is -2.01. The lowest BCUT2D eigenvalue weighted by molar-refractivity contribution is -0.387. The molecule has 0 spiro atoms. The number of hydrogen-bond donors (Lipinski definition) is 0. The van der Waals surface area contributed by atoms with Crippen molar-refractivity contribution in [3.05, 3.63) is 39.2 Å². The van der Waals surface area contributed by atoms with Gasteiger partial charge in [-0.15, -0.1) is 0 Å². The molecule has 0 radical (unpaired) electrons. The second-order valence-corrected chi connectivity index (χ2v) is 2.74. The first-order valence-electron chi connectivity index (χ1n) is 3.87. The molecule has 0 aliphatic rings. The highest BCUT2D eigenvalue weighted by Gasteiger charge is 2.26. The molecule has 0 saturated carbocycles. The van der Waals surface area contributed by atoms with Crippen LogP contribution in [-0.2, 0) is 0 Å². The zero-order valence-corrected chi connectivity index (χ0v) is 7.65. The highest BCUT2D eigenvalue weighted by Crippen LogP contribution is 2.25. The Bertz CT molecular complexity index is 491. The standard InChI is InChI=1S/C9H5FN2O3/c1-5(13)8-6(4-11)2-3-7(10)9(8)12(14)15/h2-3H,1H3. The van der Waals surface area contributed by atoms with Crippen LogP contribution in [0.25, 0.3) is 0 Å². The van der Waals surface area contributed by atoms with Crippen molar-refractivity contribution in [3.63, 3.8) is 0 Å². The summed E-state index contributed by atoms with van der Waals surface area (Å²) in [5.41, 5.74) is -1.63. The van der Waals surface area contributed by atoms with Gasteiger partial charge in [0.05, 0.1) is 10.5 Å². The van der Waals surface area contributed by atoms with Gasteiger partial charge in [-0.2, -0.15) is 9.65 Å². The van der Waals surface area contributed by atoms with Crippen LogP contribution in [0, 0.1) is 27.3 Å². The molecule has 0 aromatic heterocycles. The highest BCUT2D eigenvalue weighted by molar-refractivity contribution is 6.00. The Labute approximate surface area is 83.9 Å². The number of carbonyl (C=O) groups is 1. The molecule has 0 aliphatic carbocycles. The van der Waals surface area contributed by atoms with Gasteiger partial charge in [-0.3, -0.25) is 14.9 Å². The van der Waals surface area contributed by atoms with Gasteiger partial charge in [0.1, 0.15) is 11.6 Å². The minimum Gasteiger partial charge on any atom is -0.294 e. The number of nitro benzene ring substituents is 1. The number of rotatable bonds is 2. The van der Waals surface area contributed by atoms with Crippen molar-refractivity contribution in [1.29, 1.82) is 5.26 Å². The average molecular weight is 208 g/mol. The van der Waals surface area contributed by atoms with Crippen LogP contribution in [0.2, 0.25) is 0 Å². The molecule has 0 fully saturated rings. The third-order valence-electron chi connectivity index (χ3n) is 1.78. The van der Waals surface area contributed by atoms with Gasteiger partial charge < -0.3 is 0 Å². The van der Waals surface area contributed by atoms with E-state index in [0.29, 0.717) is 0 Å². The summed E-state index contributed by atoms with van der Waals surface area (Å²) in [6, 6.07) is 3.44. The molecule has 6 heteroatoms. The fourth-order valence-electron chi connectivity index (χ4n) is 1.19. The van der Waals surface area contributed by atoms with Gasteiger partial charge >= 0.3 is 5.69 Å². The number of nitriles is 1. The van der Waals surface area contributed by atoms with Gasteiger partial charge in [0.2, 0.25) is 5.82 Å². The largest absolute Gasteiger partial charge is 0.316 e. The van der Waals surface area contributed by atoms with Crippen LogP contribution < -0.4 is 0 Å². The summed E-state index contributed by atoms with van der Waals surface area (Å²) >= 11 is 0. The van der Waals surface area contributed by atoms with E-state index in [1.54, 1.807) is 6.07 Å². The fraction of sp³-hybridized carbons (Fsp3) is 0.111. The molecule has 0 saturated heterocycles. The van der Waals surface area contributed by atoms with Gasteiger partial charge in [-0.05, 0) is 19.1 Å². The molecule has 0 atom stereocenters. The van der Waals surface area contributed by atoms with Crippen LogP contribution in [0.4, 0.5) is 10.1 Å². The summed E-state index contributed by atoms with van der Waals surface area (Å²) in [7, 11) is 0. The Morgan fingerprint density at radius 1 is 1.60 bits per heavy atom. The maximum absolute atomic E-state index is 13.1. The van der Waals surface area contributed by atoms with Crippen molar-refractivity contribution in [2.45, 2.75) is 6.92 Å². The minimum atomic E-state index is -1.12. The summed E-state index contributed by atoms with van der Waals surface area (Å²) in [6.07, 6.45) is 0. The number of benzene rings is 1. The maximum atomic E-state index is 13.1. The zero-order chi connectivity index (χ0) is 11.6. The number of hydrogen-bond acceptors (Lipinski definition) is 4. The molecule has 0 bridgehead atoms. The molecule has 15 heavy (non-hydrogen) atoms. The van der Waals surface area contributed by atoms with E-state index in [1.807, 2.05) is 0 Å². The Morgan fingerprint density at radius 2 is 2.20 bits per heavy atom. The third-order valence-corrected chi connectivity index (χ3v) is 1.78.